The van der Waals surface area contributed by atoms with E-state index in [1.165, 1.54) is 0 Å². The molecule has 2 amide bonds. The molecule has 9 heteroatoms. The third-order valence-electron chi connectivity index (χ3n) is 1.69. The molecule has 0 aliphatic carbocycles. The molecule has 0 radical (unpaired) electrons. The van der Waals surface area contributed by atoms with E-state index in [1.54, 1.807) is 0 Å². The third-order valence-corrected chi connectivity index (χ3v) is 1.69. The number of rotatable bonds is 3. The summed E-state index contributed by atoms with van der Waals surface area (Å²) in [5.41, 5.74) is 0. The average molecular weight is 271 g/mol. The fraction of sp³-hybridized carbons (Fsp3) is 0.667. The van der Waals surface area contributed by atoms with Crippen LogP contribution in [0.2, 0.25) is 0 Å². The number of hydrogen-bond acceptors (Lipinski definition) is 4. The molecule has 1 saturated heterocycles. The van der Waals surface area contributed by atoms with Crippen molar-refractivity contribution in [1.82, 2.24) is 5.32 Å². The monoisotopic (exact) mass is 271 g/mol. The van der Waals surface area contributed by atoms with Crippen LogP contribution in [-0.2, 0) is 14.3 Å². The van der Waals surface area contributed by atoms with Crippen LogP contribution in [0.1, 0.15) is 25.7 Å². The van der Waals surface area contributed by atoms with Crippen LogP contribution in [0, 0.1) is 0 Å². The smallest absolute Gasteiger partial charge is 0.450 e. The Kier molecular flexibility index (Phi) is 6.76. The van der Waals surface area contributed by atoms with Gasteiger partial charge >= 0.3 is 12.3 Å². The van der Waals surface area contributed by atoms with Crippen LogP contribution in [0.3, 0.4) is 0 Å². The minimum atomic E-state index is -4.23. The van der Waals surface area contributed by atoms with E-state index in [1.807, 2.05) is 0 Å². The van der Waals surface area contributed by atoms with Crippen molar-refractivity contribution in [3.05, 3.63) is 0 Å². The third kappa shape index (κ3) is 10.7. The maximum atomic E-state index is 11.4. The summed E-state index contributed by atoms with van der Waals surface area (Å²) >= 11 is 0. The number of imide groups is 1. The molecule has 2 N–H and O–H groups in total. The normalized spacial score (nSPS) is 14.6. The lowest BCUT2D eigenvalue weighted by molar-refractivity contribution is -0.137. The van der Waals surface area contributed by atoms with Gasteiger partial charge in [0.25, 0.3) is 0 Å². The summed E-state index contributed by atoms with van der Waals surface area (Å²) in [6, 6.07) is 0. The lowest BCUT2D eigenvalue weighted by Crippen LogP contribution is -2.18. The second-order valence-electron chi connectivity index (χ2n) is 3.30. The molecule has 1 aliphatic heterocycles. The van der Waals surface area contributed by atoms with Crippen LogP contribution in [0.25, 0.3) is 0 Å². The topological polar surface area (TPSA) is 92.7 Å². The first kappa shape index (κ1) is 16.2. The number of hydrogen-bond donors (Lipinski definition) is 2. The average Bonchev–Trinajstić information content (AvgIpc) is 2.57. The van der Waals surface area contributed by atoms with Crippen molar-refractivity contribution < 1.29 is 37.4 Å². The molecule has 0 bridgehead atoms. The van der Waals surface area contributed by atoms with E-state index >= 15 is 0 Å². The molecule has 1 fully saturated rings. The number of carbonyl (C=O) groups is 3. The van der Waals surface area contributed by atoms with Crippen molar-refractivity contribution in [2.45, 2.75) is 31.9 Å². The molecular formula is C9H12F3NO5. The molecule has 0 aromatic rings. The van der Waals surface area contributed by atoms with E-state index in [-0.39, 0.29) is 18.2 Å². The zero-order valence-electron chi connectivity index (χ0n) is 9.25. The van der Waals surface area contributed by atoms with E-state index < -0.39 is 25.4 Å². The summed E-state index contributed by atoms with van der Waals surface area (Å²) in [5.74, 6) is -0.296. The zero-order valence-corrected chi connectivity index (χ0v) is 9.25. The van der Waals surface area contributed by atoms with E-state index in [0.29, 0.717) is 12.8 Å². The Morgan fingerprint density at radius 2 is 1.78 bits per heavy atom. The Labute approximate surface area is 100 Å². The molecule has 0 unspecified atom stereocenters. The highest BCUT2D eigenvalue weighted by Gasteiger charge is 2.26. The highest BCUT2D eigenvalue weighted by Crippen LogP contribution is 2.20. The molecule has 0 aromatic carbocycles. The van der Waals surface area contributed by atoms with Gasteiger partial charge in [-0.1, -0.05) is 0 Å². The Morgan fingerprint density at radius 3 is 2.06 bits per heavy atom. The first-order valence-corrected chi connectivity index (χ1v) is 4.96. The Morgan fingerprint density at radius 1 is 1.28 bits per heavy atom. The van der Waals surface area contributed by atoms with Crippen molar-refractivity contribution in [2.24, 2.45) is 0 Å². The van der Waals surface area contributed by atoms with Crippen molar-refractivity contribution >= 4 is 18.0 Å². The van der Waals surface area contributed by atoms with Gasteiger partial charge in [-0.15, -0.1) is 0 Å². The predicted octanol–water partition coefficient (Wildman–Crippen LogP) is 1.45. The van der Waals surface area contributed by atoms with E-state index in [2.05, 4.69) is 10.1 Å². The van der Waals surface area contributed by atoms with Crippen LogP contribution in [-0.4, -0.2) is 35.9 Å². The van der Waals surface area contributed by atoms with Gasteiger partial charge in [0.2, 0.25) is 11.8 Å². The van der Waals surface area contributed by atoms with Gasteiger partial charge in [-0.25, -0.2) is 4.79 Å². The predicted molar refractivity (Wildman–Crippen MR) is 51.6 cm³/mol. The lowest BCUT2D eigenvalue weighted by atomic mass is 10.3. The summed E-state index contributed by atoms with van der Waals surface area (Å²) in [6.07, 6.45) is -6.37. The number of carboxylic acid groups (broad SMARTS) is 1. The van der Waals surface area contributed by atoms with Gasteiger partial charge in [-0.05, 0) is 6.42 Å². The number of alkyl halides is 3. The molecule has 0 saturated carbocycles. The van der Waals surface area contributed by atoms with Gasteiger partial charge in [0, 0.05) is 19.3 Å². The standard InChI is InChI=1S/C5H7F3O3.C4H5NO2/c6-5(7,8)2-1-3-11-4(9)10;6-3-1-2-4(7)5-3/h1-3H2,(H,9,10);1-2H2,(H,5,6,7). The van der Waals surface area contributed by atoms with Crippen molar-refractivity contribution in [1.29, 1.82) is 0 Å². The Bertz CT molecular complexity index is 302. The maximum absolute atomic E-state index is 11.4. The summed E-state index contributed by atoms with van der Waals surface area (Å²) < 4.78 is 38.0. The molecule has 18 heavy (non-hydrogen) atoms. The van der Waals surface area contributed by atoms with Gasteiger partial charge in [-0.2, -0.15) is 13.2 Å². The van der Waals surface area contributed by atoms with Crippen molar-refractivity contribution in [2.75, 3.05) is 6.61 Å². The fourth-order valence-corrected chi connectivity index (χ4v) is 0.940. The van der Waals surface area contributed by atoms with Gasteiger partial charge in [0.15, 0.2) is 0 Å². The van der Waals surface area contributed by atoms with Crippen LogP contribution in [0.4, 0.5) is 18.0 Å². The minimum Gasteiger partial charge on any atom is -0.450 e. The summed E-state index contributed by atoms with van der Waals surface area (Å²) in [5, 5.41) is 9.98. The SMILES string of the molecule is O=C(O)OCCCC(F)(F)F.O=C1CCC(=O)N1. The molecule has 1 aliphatic rings. The van der Waals surface area contributed by atoms with Crippen molar-refractivity contribution in [3.8, 4) is 0 Å². The molecule has 1 rings (SSSR count). The summed E-state index contributed by atoms with van der Waals surface area (Å²) in [7, 11) is 0. The van der Waals surface area contributed by atoms with Gasteiger partial charge < -0.3 is 9.84 Å². The molecule has 0 aromatic heterocycles. The van der Waals surface area contributed by atoms with Crippen LogP contribution in [0.5, 0.6) is 0 Å². The summed E-state index contributed by atoms with van der Waals surface area (Å²) in [4.78, 5) is 29.9. The van der Waals surface area contributed by atoms with Gasteiger partial charge in [-0.3, -0.25) is 14.9 Å². The van der Waals surface area contributed by atoms with E-state index in [0.717, 1.165) is 0 Å². The highest BCUT2D eigenvalue weighted by molar-refractivity contribution is 6.01. The van der Waals surface area contributed by atoms with Crippen LogP contribution >= 0.6 is 0 Å². The fourth-order valence-electron chi connectivity index (χ4n) is 0.940. The quantitative estimate of drug-likeness (QED) is 0.460. The van der Waals surface area contributed by atoms with Crippen LogP contribution < -0.4 is 5.32 Å². The van der Waals surface area contributed by atoms with Crippen LogP contribution in [0.15, 0.2) is 0 Å². The molecule has 1 heterocycles. The van der Waals surface area contributed by atoms with Crippen molar-refractivity contribution in [3.63, 3.8) is 0 Å². The molecule has 0 spiro atoms. The summed E-state index contributed by atoms with van der Waals surface area (Å²) in [6.45, 7) is -0.408. The largest absolute Gasteiger partial charge is 0.505 e. The van der Waals surface area contributed by atoms with E-state index in [4.69, 9.17) is 5.11 Å². The van der Waals surface area contributed by atoms with Gasteiger partial charge in [0.1, 0.15) is 0 Å². The zero-order chi connectivity index (χ0) is 14.2. The second kappa shape index (κ2) is 7.51. The first-order chi connectivity index (χ1) is 8.20. The Hall–Kier alpha value is -1.80. The first-order valence-electron chi connectivity index (χ1n) is 4.96. The number of nitrogens with one attached hydrogen (secondary N) is 1. The number of carbonyl (C=O) groups excluding carboxylic acids is 2. The lowest BCUT2D eigenvalue weighted by Gasteiger charge is -2.04. The number of amides is 2. The second-order valence-corrected chi connectivity index (χ2v) is 3.30. The number of ether oxygens (including phenoxy) is 1. The molecule has 0 atom stereocenters. The molecule has 6 nitrogen and oxygen atoms in total. The highest BCUT2D eigenvalue weighted by atomic mass is 19.4. The molecule has 104 valence electrons. The maximum Gasteiger partial charge on any atom is 0.505 e. The molecular weight excluding hydrogens is 259 g/mol. The Balaban J connectivity index is 0.000000351. The minimum absolute atomic E-state index is 0.148. The van der Waals surface area contributed by atoms with Gasteiger partial charge in [0.05, 0.1) is 6.61 Å². The van der Waals surface area contributed by atoms with E-state index in [9.17, 15) is 27.6 Å². The number of halogens is 3.